The molecule has 0 amide bonds. The highest BCUT2D eigenvalue weighted by molar-refractivity contribution is 7.80. The van der Waals surface area contributed by atoms with Gasteiger partial charge in [0.1, 0.15) is 6.26 Å². The molecule has 1 heterocycles. The second-order valence-electron chi connectivity index (χ2n) is 2.22. The molecule has 0 saturated carbocycles. The maximum absolute atomic E-state index is 5.04. The van der Waals surface area contributed by atoms with E-state index >= 15 is 0 Å². The van der Waals surface area contributed by atoms with E-state index in [0.29, 0.717) is 18.2 Å². The molecule has 0 spiro atoms. The van der Waals surface area contributed by atoms with Gasteiger partial charge in [0.25, 0.3) is 0 Å². The number of thiocarbonyl (C=S) groups is 1. The zero-order valence-electron chi connectivity index (χ0n) is 6.91. The molecule has 0 aromatic carbocycles. The number of aromatic nitrogens is 1. The Hall–Kier alpha value is -1.54. The second kappa shape index (κ2) is 5.17. The summed E-state index contributed by atoms with van der Waals surface area (Å²) >= 11 is 4.92. The first-order valence-electron chi connectivity index (χ1n) is 3.65. The van der Waals surface area contributed by atoms with E-state index in [4.69, 9.17) is 23.1 Å². The first-order valence-corrected chi connectivity index (χ1v) is 4.06. The molecule has 1 aromatic rings. The van der Waals surface area contributed by atoms with Crippen LogP contribution in [0.3, 0.4) is 0 Å². The van der Waals surface area contributed by atoms with Gasteiger partial charge in [-0.05, 0) is 12.2 Å². The van der Waals surface area contributed by atoms with Gasteiger partial charge < -0.3 is 15.1 Å². The number of oxazole rings is 1. The lowest BCUT2D eigenvalue weighted by atomic mass is 10.5. The monoisotopic (exact) mass is 195 g/mol. The van der Waals surface area contributed by atoms with E-state index in [9.17, 15) is 0 Å². The van der Waals surface area contributed by atoms with Crippen molar-refractivity contribution in [2.75, 3.05) is 6.54 Å². The van der Waals surface area contributed by atoms with Gasteiger partial charge in [-0.3, -0.25) is 0 Å². The molecule has 13 heavy (non-hydrogen) atoms. The number of nitrogens with one attached hydrogen (secondary N) is 2. The first-order chi connectivity index (χ1) is 6.33. The Morgan fingerprint density at radius 3 is 3.15 bits per heavy atom. The molecule has 0 bridgehead atoms. The van der Waals surface area contributed by atoms with Crippen LogP contribution >= 0.6 is 12.2 Å². The third-order valence-electron chi connectivity index (χ3n) is 1.26. The molecule has 0 atom stereocenters. The average Bonchev–Trinajstić information content (AvgIpc) is 2.64. The first kappa shape index (κ1) is 9.55. The van der Waals surface area contributed by atoms with Gasteiger partial charge in [-0.2, -0.15) is 0 Å². The molecule has 1 rings (SSSR count). The number of rotatable bonds is 3. The van der Waals surface area contributed by atoms with Crippen LogP contribution in [0.2, 0.25) is 0 Å². The predicted octanol–water partition coefficient (Wildman–Crippen LogP) is 0.272. The van der Waals surface area contributed by atoms with Gasteiger partial charge in [0.15, 0.2) is 11.5 Å². The standard InChI is InChI=1S/C8H9N3OS/c1-2-3-9-8(13)10-4-7-5-12-6-11-7/h1,5-6H,3-4H2,(H2,9,10,13). The Labute approximate surface area is 81.7 Å². The zero-order valence-corrected chi connectivity index (χ0v) is 7.73. The van der Waals surface area contributed by atoms with Crippen molar-refractivity contribution < 1.29 is 4.42 Å². The Morgan fingerprint density at radius 1 is 1.69 bits per heavy atom. The van der Waals surface area contributed by atoms with E-state index in [1.54, 1.807) is 6.26 Å². The fourth-order valence-corrected chi connectivity index (χ4v) is 0.834. The van der Waals surface area contributed by atoms with E-state index in [-0.39, 0.29) is 0 Å². The van der Waals surface area contributed by atoms with E-state index in [1.165, 1.54) is 6.39 Å². The molecular weight excluding hydrogens is 186 g/mol. The van der Waals surface area contributed by atoms with Crippen molar-refractivity contribution >= 4 is 17.3 Å². The van der Waals surface area contributed by atoms with Crippen molar-refractivity contribution in [2.24, 2.45) is 0 Å². The Balaban J connectivity index is 2.20. The van der Waals surface area contributed by atoms with Crippen LogP contribution in [-0.2, 0) is 6.54 Å². The number of terminal acetylenes is 1. The van der Waals surface area contributed by atoms with E-state index < -0.39 is 0 Å². The molecule has 5 heteroatoms. The minimum atomic E-state index is 0.421. The quantitative estimate of drug-likeness (QED) is 0.535. The summed E-state index contributed by atoms with van der Waals surface area (Å²) in [5.41, 5.74) is 0.796. The smallest absolute Gasteiger partial charge is 0.180 e. The highest BCUT2D eigenvalue weighted by atomic mass is 32.1. The maximum Gasteiger partial charge on any atom is 0.180 e. The van der Waals surface area contributed by atoms with Crippen molar-refractivity contribution in [3.8, 4) is 12.3 Å². The molecule has 0 unspecified atom stereocenters. The molecule has 4 nitrogen and oxygen atoms in total. The molecule has 0 radical (unpaired) electrons. The number of hydrogen-bond donors (Lipinski definition) is 2. The molecule has 0 fully saturated rings. The second-order valence-corrected chi connectivity index (χ2v) is 2.63. The third kappa shape index (κ3) is 3.58. The van der Waals surface area contributed by atoms with Gasteiger partial charge in [0.05, 0.1) is 18.8 Å². The fraction of sp³-hybridized carbons (Fsp3) is 0.250. The lowest BCUT2D eigenvalue weighted by Crippen LogP contribution is -2.34. The van der Waals surface area contributed by atoms with Gasteiger partial charge in [-0.1, -0.05) is 5.92 Å². The van der Waals surface area contributed by atoms with Crippen molar-refractivity contribution in [1.82, 2.24) is 15.6 Å². The fourth-order valence-electron chi connectivity index (χ4n) is 0.689. The molecule has 0 saturated heterocycles. The van der Waals surface area contributed by atoms with Crippen LogP contribution in [0, 0.1) is 12.3 Å². The summed E-state index contributed by atoms with van der Waals surface area (Å²) < 4.78 is 4.78. The van der Waals surface area contributed by atoms with Gasteiger partial charge in [-0.15, -0.1) is 6.42 Å². The molecule has 2 N–H and O–H groups in total. The van der Waals surface area contributed by atoms with Crippen LogP contribution in [-0.4, -0.2) is 16.6 Å². The highest BCUT2D eigenvalue weighted by Crippen LogP contribution is 1.92. The van der Waals surface area contributed by atoms with Crippen molar-refractivity contribution in [2.45, 2.75) is 6.54 Å². The Morgan fingerprint density at radius 2 is 2.54 bits per heavy atom. The molecular formula is C8H9N3OS. The number of hydrogen-bond acceptors (Lipinski definition) is 3. The van der Waals surface area contributed by atoms with Crippen LogP contribution in [0.1, 0.15) is 5.69 Å². The van der Waals surface area contributed by atoms with Gasteiger partial charge in [0, 0.05) is 0 Å². The largest absolute Gasteiger partial charge is 0.451 e. The summed E-state index contributed by atoms with van der Waals surface area (Å²) in [6.45, 7) is 0.956. The minimum Gasteiger partial charge on any atom is -0.451 e. The maximum atomic E-state index is 5.04. The minimum absolute atomic E-state index is 0.421. The number of nitrogens with zero attached hydrogens (tertiary/aromatic N) is 1. The third-order valence-corrected chi connectivity index (χ3v) is 1.55. The van der Waals surface area contributed by atoms with Crippen molar-refractivity contribution in [3.05, 3.63) is 18.4 Å². The van der Waals surface area contributed by atoms with E-state index in [1.807, 2.05) is 0 Å². The van der Waals surface area contributed by atoms with Gasteiger partial charge in [0.2, 0.25) is 0 Å². The van der Waals surface area contributed by atoms with Crippen molar-refractivity contribution in [3.63, 3.8) is 0 Å². The summed E-state index contributed by atoms with van der Waals surface area (Å²) in [6, 6.07) is 0. The van der Waals surface area contributed by atoms with Crippen LogP contribution in [0.15, 0.2) is 17.1 Å². The van der Waals surface area contributed by atoms with E-state index in [2.05, 4.69) is 21.5 Å². The summed E-state index contributed by atoms with van der Waals surface area (Å²) in [6.07, 6.45) is 7.96. The Kier molecular flexibility index (Phi) is 3.79. The Bertz CT molecular complexity index is 302. The van der Waals surface area contributed by atoms with E-state index in [0.717, 1.165) is 5.69 Å². The SMILES string of the molecule is C#CCNC(=S)NCc1cocn1. The molecule has 68 valence electrons. The summed E-state index contributed by atoms with van der Waals surface area (Å²) in [5.74, 6) is 2.42. The predicted molar refractivity (Wildman–Crippen MR) is 52.8 cm³/mol. The van der Waals surface area contributed by atoms with Crippen LogP contribution in [0.5, 0.6) is 0 Å². The van der Waals surface area contributed by atoms with Crippen LogP contribution in [0.4, 0.5) is 0 Å². The van der Waals surface area contributed by atoms with Crippen LogP contribution < -0.4 is 10.6 Å². The summed E-state index contributed by atoms with van der Waals surface area (Å²) in [4.78, 5) is 3.91. The zero-order chi connectivity index (χ0) is 9.52. The topological polar surface area (TPSA) is 50.1 Å². The lowest BCUT2D eigenvalue weighted by molar-refractivity contribution is 0.556. The van der Waals surface area contributed by atoms with Crippen molar-refractivity contribution in [1.29, 1.82) is 0 Å². The van der Waals surface area contributed by atoms with Gasteiger partial charge in [-0.25, -0.2) is 4.98 Å². The lowest BCUT2D eigenvalue weighted by Gasteiger charge is -2.05. The van der Waals surface area contributed by atoms with Gasteiger partial charge >= 0.3 is 0 Å². The average molecular weight is 195 g/mol. The summed E-state index contributed by atoms with van der Waals surface area (Å²) in [5, 5.41) is 6.26. The normalized spacial score (nSPS) is 8.85. The summed E-state index contributed by atoms with van der Waals surface area (Å²) in [7, 11) is 0. The highest BCUT2D eigenvalue weighted by Gasteiger charge is 1.96. The molecule has 0 aliphatic rings. The molecule has 0 aliphatic heterocycles. The molecule has 0 aliphatic carbocycles. The molecule has 1 aromatic heterocycles. The van der Waals surface area contributed by atoms with Crippen LogP contribution in [0.25, 0.3) is 0 Å².